The fraction of sp³-hybridized carbons (Fsp3) is 0.684. The van der Waals surface area contributed by atoms with Crippen LogP contribution in [0.1, 0.15) is 50.3 Å². The molecular weight excluding hydrogens is 322 g/mol. The SMILES string of the molecule is Cc1cc(C)c(S(=O)(=O)N[C@@H]2[C@H]3CC[C@@](C)([C@@H]2O)C3(C)C)c(C)c1. The van der Waals surface area contributed by atoms with Gasteiger partial charge in [-0.1, -0.05) is 38.5 Å². The lowest BCUT2D eigenvalue weighted by Gasteiger charge is -2.37. The molecule has 0 heterocycles. The molecule has 4 nitrogen and oxygen atoms in total. The molecule has 3 rings (SSSR count). The normalized spacial score (nSPS) is 34.7. The molecule has 2 aliphatic rings. The minimum atomic E-state index is -3.66. The first-order valence-electron chi connectivity index (χ1n) is 8.70. The summed E-state index contributed by atoms with van der Waals surface area (Å²) in [6.07, 6.45) is 1.26. The van der Waals surface area contributed by atoms with E-state index in [2.05, 4.69) is 25.5 Å². The number of aryl methyl sites for hydroxylation is 3. The molecule has 2 saturated carbocycles. The first-order valence-corrected chi connectivity index (χ1v) is 10.2. The summed E-state index contributed by atoms with van der Waals surface area (Å²) >= 11 is 0. The van der Waals surface area contributed by atoms with Crippen LogP contribution >= 0.6 is 0 Å². The number of aliphatic hydroxyl groups is 1. The highest BCUT2D eigenvalue weighted by Gasteiger charge is 2.66. The number of fused-ring (bicyclic) bond motifs is 2. The second kappa shape index (κ2) is 5.29. The maximum Gasteiger partial charge on any atom is 0.241 e. The van der Waals surface area contributed by atoms with Crippen LogP contribution in [0.25, 0.3) is 0 Å². The quantitative estimate of drug-likeness (QED) is 0.879. The number of benzene rings is 1. The number of hydrogen-bond acceptors (Lipinski definition) is 3. The minimum Gasteiger partial charge on any atom is -0.391 e. The number of nitrogens with one attached hydrogen (secondary N) is 1. The first kappa shape index (κ1) is 17.9. The second-order valence-corrected chi connectivity index (χ2v) is 10.3. The topological polar surface area (TPSA) is 66.4 Å². The zero-order chi connectivity index (χ0) is 18.1. The van der Waals surface area contributed by atoms with Crippen molar-refractivity contribution in [2.24, 2.45) is 16.7 Å². The van der Waals surface area contributed by atoms with Crippen molar-refractivity contribution >= 4 is 10.0 Å². The Labute approximate surface area is 145 Å². The summed E-state index contributed by atoms with van der Waals surface area (Å²) in [5.41, 5.74) is 2.25. The van der Waals surface area contributed by atoms with Crippen molar-refractivity contribution in [1.82, 2.24) is 4.72 Å². The molecule has 0 unspecified atom stereocenters. The van der Waals surface area contributed by atoms with Gasteiger partial charge in [-0.15, -0.1) is 0 Å². The standard InChI is InChI=1S/C19H29NO3S/c1-11-9-12(2)16(13(3)10-11)24(22,23)20-15-14-7-8-19(6,17(15)21)18(14,4)5/h9-10,14-15,17,20-21H,7-8H2,1-6H3/t14-,15-,17-,19+/m1/s1. The lowest BCUT2D eigenvalue weighted by atomic mass is 9.70. The molecule has 1 aromatic carbocycles. The molecule has 2 N–H and O–H groups in total. The van der Waals surface area contributed by atoms with E-state index >= 15 is 0 Å². The molecule has 134 valence electrons. The Kier molecular flexibility index (Phi) is 3.95. The van der Waals surface area contributed by atoms with E-state index in [0.717, 1.165) is 29.5 Å². The van der Waals surface area contributed by atoms with E-state index in [1.165, 1.54) is 0 Å². The predicted molar refractivity (Wildman–Crippen MR) is 95.4 cm³/mol. The summed E-state index contributed by atoms with van der Waals surface area (Å²) in [5, 5.41) is 10.8. The lowest BCUT2D eigenvalue weighted by molar-refractivity contribution is 0.00348. The van der Waals surface area contributed by atoms with Gasteiger partial charge in [0.15, 0.2) is 0 Å². The van der Waals surface area contributed by atoms with Crippen LogP contribution in [0.2, 0.25) is 0 Å². The molecule has 2 bridgehead atoms. The van der Waals surface area contributed by atoms with Gasteiger partial charge in [0.05, 0.1) is 17.0 Å². The number of hydrogen-bond donors (Lipinski definition) is 2. The zero-order valence-corrected chi connectivity index (χ0v) is 16.3. The van der Waals surface area contributed by atoms with Crippen LogP contribution in [0.15, 0.2) is 17.0 Å². The summed E-state index contributed by atoms with van der Waals surface area (Å²) in [5.74, 6) is 0.165. The van der Waals surface area contributed by atoms with E-state index in [1.54, 1.807) is 0 Å². The highest BCUT2D eigenvalue weighted by Crippen LogP contribution is 2.65. The van der Waals surface area contributed by atoms with Crippen LogP contribution < -0.4 is 4.72 Å². The fourth-order valence-electron chi connectivity index (χ4n) is 5.31. The average Bonchev–Trinajstić information content (AvgIpc) is 2.71. The van der Waals surface area contributed by atoms with Gasteiger partial charge >= 0.3 is 0 Å². The van der Waals surface area contributed by atoms with Gasteiger partial charge in [0.1, 0.15) is 0 Å². The van der Waals surface area contributed by atoms with E-state index in [-0.39, 0.29) is 16.7 Å². The Bertz CT molecular complexity index is 761. The van der Waals surface area contributed by atoms with E-state index < -0.39 is 22.2 Å². The lowest BCUT2D eigenvalue weighted by Crippen LogP contribution is -2.49. The summed E-state index contributed by atoms with van der Waals surface area (Å²) < 4.78 is 29.0. The molecule has 0 amide bonds. The summed E-state index contributed by atoms with van der Waals surface area (Å²) in [7, 11) is -3.66. The monoisotopic (exact) mass is 351 g/mol. The predicted octanol–water partition coefficient (Wildman–Crippen LogP) is 3.08. The van der Waals surface area contributed by atoms with Crippen molar-refractivity contribution in [3.05, 3.63) is 28.8 Å². The van der Waals surface area contributed by atoms with Crippen molar-refractivity contribution in [2.75, 3.05) is 0 Å². The van der Waals surface area contributed by atoms with Crippen LogP contribution in [0.4, 0.5) is 0 Å². The van der Waals surface area contributed by atoms with Gasteiger partial charge in [-0.3, -0.25) is 0 Å². The van der Waals surface area contributed by atoms with Crippen molar-refractivity contribution in [2.45, 2.75) is 71.4 Å². The van der Waals surface area contributed by atoms with E-state index in [0.29, 0.717) is 4.90 Å². The Morgan fingerprint density at radius 2 is 1.67 bits per heavy atom. The van der Waals surface area contributed by atoms with Crippen LogP contribution in [-0.2, 0) is 10.0 Å². The third-order valence-corrected chi connectivity index (χ3v) is 8.73. The Hall–Kier alpha value is -0.910. The molecule has 2 aliphatic carbocycles. The van der Waals surface area contributed by atoms with E-state index in [9.17, 15) is 13.5 Å². The maximum atomic E-state index is 13.1. The summed E-state index contributed by atoms with van der Waals surface area (Å²) in [4.78, 5) is 0.353. The van der Waals surface area contributed by atoms with Gasteiger partial charge in [-0.05, 0) is 56.1 Å². The second-order valence-electron chi connectivity index (χ2n) is 8.60. The third kappa shape index (κ3) is 2.28. The molecule has 0 radical (unpaired) electrons. The summed E-state index contributed by atoms with van der Waals surface area (Å²) in [6.45, 7) is 12.0. The highest BCUT2D eigenvalue weighted by atomic mass is 32.2. The molecule has 0 aliphatic heterocycles. The average molecular weight is 352 g/mol. The number of rotatable bonds is 3. The van der Waals surface area contributed by atoms with Crippen LogP contribution in [0, 0.1) is 37.5 Å². The Morgan fingerprint density at radius 1 is 1.12 bits per heavy atom. The smallest absolute Gasteiger partial charge is 0.241 e. The first-order chi connectivity index (χ1) is 10.9. The van der Waals surface area contributed by atoms with Crippen molar-refractivity contribution in [3.63, 3.8) is 0 Å². The van der Waals surface area contributed by atoms with E-state index in [4.69, 9.17) is 0 Å². The highest BCUT2D eigenvalue weighted by molar-refractivity contribution is 7.89. The maximum absolute atomic E-state index is 13.1. The van der Waals surface area contributed by atoms with Crippen LogP contribution in [-0.4, -0.2) is 25.7 Å². The fourth-order valence-corrected chi connectivity index (χ4v) is 7.05. The van der Waals surface area contributed by atoms with Gasteiger partial charge in [-0.25, -0.2) is 13.1 Å². The molecule has 0 aromatic heterocycles. The summed E-state index contributed by atoms with van der Waals surface area (Å²) in [6, 6.07) is 3.37. The van der Waals surface area contributed by atoms with Gasteiger partial charge in [0, 0.05) is 5.41 Å². The Morgan fingerprint density at radius 3 is 2.12 bits per heavy atom. The molecule has 4 atom stereocenters. The van der Waals surface area contributed by atoms with Gasteiger partial charge in [-0.2, -0.15) is 0 Å². The minimum absolute atomic E-state index is 0.0725. The van der Waals surface area contributed by atoms with Gasteiger partial charge < -0.3 is 5.11 Å². The molecule has 1 aromatic rings. The largest absolute Gasteiger partial charge is 0.391 e. The van der Waals surface area contributed by atoms with E-state index in [1.807, 2.05) is 32.9 Å². The molecule has 0 spiro atoms. The van der Waals surface area contributed by atoms with Crippen LogP contribution in [0.3, 0.4) is 0 Å². The van der Waals surface area contributed by atoms with Crippen molar-refractivity contribution < 1.29 is 13.5 Å². The van der Waals surface area contributed by atoms with Crippen molar-refractivity contribution in [3.8, 4) is 0 Å². The zero-order valence-electron chi connectivity index (χ0n) is 15.5. The third-order valence-electron chi connectivity index (χ3n) is 6.96. The van der Waals surface area contributed by atoms with Crippen LogP contribution in [0.5, 0.6) is 0 Å². The molecule has 24 heavy (non-hydrogen) atoms. The molecule has 2 fully saturated rings. The molecular formula is C19H29NO3S. The van der Waals surface area contributed by atoms with Gasteiger partial charge in [0.25, 0.3) is 0 Å². The Balaban J connectivity index is 1.98. The molecule has 5 heteroatoms. The molecule has 0 saturated heterocycles. The van der Waals surface area contributed by atoms with Gasteiger partial charge in [0.2, 0.25) is 10.0 Å². The number of sulfonamides is 1. The number of aliphatic hydroxyl groups excluding tert-OH is 1. The van der Waals surface area contributed by atoms with Crippen molar-refractivity contribution in [1.29, 1.82) is 0 Å².